The number of benzene rings is 1. The fraction of sp³-hybridized carbons (Fsp3) is 0.250. The first-order chi connectivity index (χ1) is 15.0. The molecule has 3 heterocycles. The maximum atomic E-state index is 13.2. The molecule has 0 aliphatic carbocycles. The third-order valence-electron chi connectivity index (χ3n) is 5.00. The normalized spacial score (nSPS) is 13.9. The second kappa shape index (κ2) is 9.09. The molecule has 0 radical (unpaired) electrons. The summed E-state index contributed by atoms with van der Waals surface area (Å²) >= 11 is 6.05. The van der Waals surface area contributed by atoms with Gasteiger partial charge in [-0.05, 0) is 29.8 Å². The van der Waals surface area contributed by atoms with Crippen LogP contribution in [0.4, 0.5) is 27.5 Å². The fourth-order valence-electron chi connectivity index (χ4n) is 3.43. The molecule has 9 nitrogen and oxygen atoms in total. The fourth-order valence-corrected chi connectivity index (χ4v) is 3.66. The van der Waals surface area contributed by atoms with Crippen LogP contribution >= 0.6 is 11.6 Å². The molecule has 4 rings (SSSR count). The predicted molar refractivity (Wildman–Crippen MR) is 116 cm³/mol. The third kappa shape index (κ3) is 4.64. The van der Waals surface area contributed by atoms with E-state index in [1.54, 1.807) is 6.20 Å². The smallest absolute Gasteiger partial charge is 0.353 e. The van der Waals surface area contributed by atoms with E-state index in [4.69, 9.17) is 11.6 Å². The molecule has 11 heteroatoms. The quantitative estimate of drug-likeness (QED) is 0.456. The molecule has 0 amide bonds. The second-order valence-electron chi connectivity index (χ2n) is 6.90. The Morgan fingerprint density at radius 3 is 2.55 bits per heavy atom. The highest BCUT2D eigenvalue weighted by Crippen LogP contribution is 2.33. The Labute approximate surface area is 182 Å². The van der Waals surface area contributed by atoms with Gasteiger partial charge in [-0.2, -0.15) is 0 Å². The molecule has 0 atom stereocenters. The van der Waals surface area contributed by atoms with Crippen LogP contribution in [0, 0.1) is 15.9 Å². The second-order valence-corrected chi connectivity index (χ2v) is 7.31. The number of halogens is 2. The van der Waals surface area contributed by atoms with Crippen molar-refractivity contribution in [2.24, 2.45) is 0 Å². The van der Waals surface area contributed by atoms with Gasteiger partial charge in [-0.15, -0.1) is 0 Å². The van der Waals surface area contributed by atoms with E-state index >= 15 is 0 Å². The lowest BCUT2D eigenvalue weighted by Crippen LogP contribution is -2.47. The standard InChI is InChI=1S/C20H19ClFN7O2/c21-16-11-15(22)5-4-14(16)12-24-19-18(29(30)31)20(26-13-25-19)28-9-7-27(8-10-28)17-3-1-2-6-23-17/h1-6,11,13H,7-10,12H2,(H,24,25,26). The van der Waals surface area contributed by atoms with Crippen molar-refractivity contribution in [2.45, 2.75) is 6.54 Å². The molecule has 1 fully saturated rings. The molecule has 1 aromatic carbocycles. The highest BCUT2D eigenvalue weighted by Gasteiger charge is 2.29. The van der Waals surface area contributed by atoms with Crippen molar-refractivity contribution in [3.05, 3.63) is 75.4 Å². The summed E-state index contributed by atoms with van der Waals surface area (Å²) in [7, 11) is 0. The number of hydrogen-bond donors (Lipinski definition) is 1. The van der Waals surface area contributed by atoms with Crippen LogP contribution in [0.15, 0.2) is 48.9 Å². The Balaban J connectivity index is 1.52. The van der Waals surface area contributed by atoms with Crippen molar-refractivity contribution in [1.82, 2.24) is 15.0 Å². The number of rotatable bonds is 6. The van der Waals surface area contributed by atoms with E-state index in [1.807, 2.05) is 23.1 Å². The van der Waals surface area contributed by atoms with E-state index in [0.29, 0.717) is 31.7 Å². The molecule has 160 valence electrons. The van der Waals surface area contributed by atoms with Gasteiger partial charge in [0.2, 0.25) is 11.6 Å². The molecule has 1 saturated heterocycles. The summed E-state index contributed by atoms with van der Waals surface area (Å²) in [4.78, 5) is 28.0. The molecule has 0 bridgehead atoms. The lowest BCUT2D eigenvalue weighted by atomic mass is 10.2. The molecule has 2 aromatic heterocycles. The molecule has 1 aliphatic heterocycles. The zero-order valence-corrected chi connectivity index (χ0v) is 17.2. The summed E-state index contributed by atoms with van der Waals surface area (Å²) in [6.07, 6.45) is 3.03. The Kier molecular flexibility index (Phi) is 6.08. The molecule has 0 unspecified atom stereocenters. The van der Waals surface area contributed by atoms with Gasteiger partial charge in [0, 0.05) is 43.9 Å². The van der Waals surface area contributed by atoms with Crippen molar-refractivity contribution < 1.29 is 9.31 Å². The van der Waals surface area contributed by atoms with Crippen LogP contribution in [0.1, 0.15) is 5.56 Å². The molecule has 31 heavy (non-hydrogen) atoms. The minimum atomic E-state index is -0.491. The van der Waals surface area contributed by atoms with Gasteiger partial charge in [-0.1, -0.05) is 23.7 Å². The topological polar surface area (TPSA) is 100 Å². The summed E-state index contributed by atoms with van der Waals surface area (Å²) in [5.41, 5.74) is 0.397. The summed E-state index contributed by atoms with van der Waals surface area (Å²) in [5, 5.41) is 15.0. The van der Waals surface area contributed by atoms with Crippen LogP contribution in [-0.4, -0.2) is 46.1 Å². The number of nitrogens with zero attached hydrogens (tertiary/aromatic N) is 6. The van der Waals surface area contributed by atoms with Crippen LogP contribution < -0.4 is 15.1 Å². The third-order valence-corrected chi connectivity index (χ3v) is 5.35. The summed E-state index contributed by atoms with van der Waals surface area (Å²) < 4.78 is 13.2. The van der Waals surface area contributed by atoms with E-state index in [1.165, 1.54) is 24.5 Å². The molecular weight excluding hydrogens is 425 g/mol. The van der Waals surface area contributed by atoms with Gasteiger partial charge in [0.25, 0.3) is 0 Å². The van der Waals surface area contributed by atoms with Gasteiger partial charge < -0.3 is 15.1 Å². The van der Waals surface area contributed by atoms with Crippen molar-refractivity contribution in [3.63, 3.8) is 0 Å². The average Bonchev–Trinajstić information content (AvgIpc) is 2.79. The summed E-state index contributed by atoms with van der Waals surface area (Å²) in [5.74, 6) is 0.766. The zero-order chi connectivity index (χ0) is 21.8. The van der Waals surface area contributed by atoms with Crippen LogP contribution in [0.2, 0.25) is 5.02 Å². The Bertz CT molecular complexity index is 1080. The lowest BCUT2D eigenvalue weighted by molar-refractivity contribution is -0.383. The lowest BCUT2D eigenvalue weighted by Gasteiger charge is -2.35. The average molecular weight is 444 g/mol. The van der Waals surface area contributed by atoms with Gasteiger partial charge in [-0.3, -0.25) is 10.1 Å². The zero-order valence-electron chi connectivity index (χ0n) is 16.4. The minimum Gasteiger partial charge on any atom is -0.360 e. The molecular formula is C20H19ClFN7O2. The minimum absolute atomic E-state index is 0.0857. The van der Waals surface area contributed by atoms with Crippen molar-refractivity contribution in [3.8, 4) is 0 Å². The monoisotopic (exact) mass is 443 g/mol. The first kappa shape index (κ1) is 20.7. The van der Waals surface area contributed by atoms with E-state index in [2.05, 4.69) is 25.2 Å². The Hall–Kier alpha value is -3.53. The first-order valence-corrected chi connectivity index (χ1v) is 9.99. The van der Waals surface area contributed by atoms with Gasteiger partial charge >= 0.3 is 5.69 Å². The number of aromatic nitrogens is 3. The summed E-state index contributed by atoms with van der Waals surface area (Å²) in [6.45, 7) is 2.58. The van der Waals surface area contributed by atoms with Crippen molar-refractivity contribution >= 4 is 34.7 Å². The van der Waals surface area contributed by atoms with Gasteiger partial charge in [0.15, 0.2) is 0 Å². The van der Waals surface area contributed by atoms with Crippen LogP contribution in [0.25, 0.3) is 0 Å². The van der Waals surface area contributed by atoms with E-state index in [-0.39, 0.29) is 28.9 Å². The van der Waals surface area contributed by atoms with Crippen LogP contribution in [0.5, 0.6) is 0 Å². The van der Waals surface area contributed by atoms with Gasteiger partial charge in [0.05, 0.1) is 4.92 Å². The van der Waals surface area contributed by atoms with Crippen LogP contribution in [-0.2, 0) is 6.54 Å². The van der Waals surface area contributed by atoms with E-state index < -0.39 is 10.7 Å². The van der Waals surface area contributed by atoms with E-state index in [0.717, 1.165) is 5.82 Å². The Morgan fingerprint density at radius 1 is 1.10 bits per heavy atom. The number of piperazine rings is 1. The van der Waals surface area contributed by atoms with Crippen LogP contribution in [0.3, 0.4) is 0 Å². The maximum absolute atomic E-state index is 13.2. The largest absolute Gasteiger partial charge is 0.360 e. The van der Waals surface area contributed by atoms with E-state index in [9.17, 15) is 14.5 Å². The first-order valence-electron chi connectivity index (χ1n) is 9.61. The van der Waals surface area contributed by atoms with Crippen molar-refractivity contribution in [1.29, 1.82) is 0 Å². The van der Waals surface area contributed by atoms with Gasteiger partial charge in [0.1, 0.15) is 18.0 Å². The molecule has 0 saturated carbocycles. The van der Waals surface area contributed by atoms with Gasteiger partial charge in [-0.25, -0.2) is 19.3 Å². The number of nitro groups is 1. The number of nitrogens with one attached hydrogen (secondary N) is 1. The highest BCUT2D eigenvalue weighted by molar-refractivity contribution is 6.31. The number of pyridine rings is 1. The molecule has 1 aliphatic rings. The Morgan fingerprint density at radius 2 is 1.87 bits per heavy atom. The summed E-state index contributed by atoms with van der Waals surface area (Å²) in [6, 6.07) is 9.72. The van der Waals surface area contributed by atoms with Crippen molar-refractivity contribution in [2.75, 3.05) is 41.3 Å². The molecule has 1 N–H and O–H groups in total. The highest BCUT2D eigenvalue weighted by atomic mass is 35.5. The SMILES string of the molecule is O=[N+]([O-])c1c(NCc2ccc(F)cc2Cl)ncnc1N1CCN(c2ccccn2)CC1. The maximum Gasteiger partial charge on any atom is 0.353 e. The number of anilines is 3. The molecule has 3 aromatic rings. The predicted octanol–water partition coefficient (Wildman–Crippen LogP) is 3.51. The molecule has 0 spiro atoms. The number of hydrogen-bond acceptors (Lipinski definition) is 8.